The highest BCUT2D eigenvalue weighted by atomic mass is 16.6. The summed E-state index contributed by atoms with van der Waals surface area (Å²) >= 11 is 0. The number of quaternary nitrogens is 1. The van der Waals surface area contributed by atoms with Crippen molar-refractivity contribution in [1.29, 1.82) is 0 Å². The topological polar surface area (TPSA) is 182 Å². The van der Waals surface area contributed by atoms with Gasteiger partial charge in [0.25, 0.3) is 0 Å². The van der Waals surface area contributed by atoms with Crippen LogP contribution in [-0.2, 0) is 18.9 Å². The fourth-order valence-electron chi connectivity index (χ4n) is 5.11. The van der Waals surface area contributed by atoms with E-state index in [-0.39, 0.29) is 52.4 Å². The lowest BCUT2D eigenvalue weighted by atomic mass is 9.93. The van der Waals surface area contributed by atoms with E-state index in [0.717, 1.165) is 0 Å². The second-order valence-corrected chi connectivity index (χ2v) is 11.6. The summed E-state index contributed by atoms with van der Waals surface area (Å²) in [5.41, 5.74) is 0. The molecule has 0 saturated carbocycles. The molecule has 0 spiro atoms. The van der Waals surface area contributed by atoms with Crippen LogP contribution in [0.4, 0.5) is 0 Å². The van der Waals surface area contributed by atoms with Crippen molar-refractivity contribution in [3.05, 3.63) is 14.9 Å². The van der Waals surface area contributed by atoms with Crippen molar-refractivity contribution in [2.45, 2.75) is 100 Å². The van der Waals surface area contributed by atoms with Gasteiger partial charge in [-0.2, -0.15) is 0 Å². The van der Waals surface area contributed by atoms with Crippen LogP contribution in [0.5, 0.6) is 0 Å². The van der Waals surface area contributed by atoms with Gasteiger partial charge in [-0.05, 0) is 20.3 Å². The zero-order valence-electron chi connectivity index (χ0n) is 26.9. The molecule has 0 aliphatic carbocycles. The van der Waals surface area contributed by atoms with Crippen LogP contribution >= 0.6 is 0 Å². The predicted molar refractivity (Wildman–Crippen MR) is 158 cm³/mol. The van der Waals surface area contributed by atoms with E-state index in [1.54, 1.807) is 0 Å². The van der Waals surface area contributed by atoms with E-state index in [4.69, 9.17) is 18.9 Å². The fraction of sp³-hybridized carbons (Fsp3) is 0.929. The monoisotopic (exact) mass is 600 g/mol. The van der Waals surface area contributed by atoms with Crippen molar-refractivity contribution in [1.82, 2.24) is 10.6 Å². The Balaban J connectivity index is 0. The SMILES string of the molecule is CCC(O)CNC1C(C)OC(CO)C(OC)C1O.COC1C(CO)OC(C)C(NCC(O)C[N+](C)(C)C)C1O.[CH3-].[CH3-]. The molecule has 0 aromatic carbocycles. The molecule has 41 heavy (non-hydrogen) atoms. The number of likely N-dealkylation sites (N-methyl/N-ethyl adjacent to an activating group) is 1. The molecule has 0 aromatic rings. The third-order valence-corrected chi connectivity index (χ3v) is 7.24. The van der Waals surface area contributed by atoms with Crippen LogP contribution in [0.25, 0.3) is 0 Å². The summed E-state index contributed by atoms with van der Waals surface area (Å²) in [5.74, 6) is 0. The van der Waals surface area contributed by atoms with Crippen LogP contribution in [0.15, 0.2) is 0 Å². The summed E-state index contributed by atoms with van der Waals surface area (Å²) in [6, 6.07) is -0.668. The third kappa shape index (κ3) is 13.3. The molecule has 8 N–H and O–H groups in total. The van der Waals surface area contributed by atoms with E-state index >= 15 is 0 Å². The molecule has 2 aliphatic rings. The largest absolute Gasteiger partial charge is 0.394 e. The molecule has 2 rings (SSSR count). The number of hydrogen-bond acceptors (Lipinski definition) is 12. The van der Waals surface area contributed by atoms with Crippen molar-refractivity contribution < 1.29 is 54.1 Å². The van der Waals surface area contributed by atoms with E-state index in [9.17, 15) is 30.6 Å². The Kier molecular flexibility index (Phi) is 21.2. The molecule has 2 saturated heterocycles. The highest BCUT2D eigenvalue weighted by molar-refractivity contribution is 4.96. The van der Waals surface area contributed by atoms with E-state index in [2.05, 4.69) is 10.6 Å². The molecule has 250 valence electrons. The maximum atomic E-state index is 10.4. The molecule has 13 nitrogen and oxygen atoms in total. The van der Waals surface area contributed by atoms with Crippen LogP contribution in [-0.4, -0.2) is 176 Å². The Bertz CT molecular complexity index is 659. The lowest BCUT2D eigenvalue weighted by Crippen LogP contribution is -2.64. The van der Waals surface area contributed by atoms with Crippen molar-refractivity contribution in [3.8, 4) is 0 Å². The van der Waals surface area contributed by atoms with Crippen molar-refractivity contribution in [2.24, 2.45) is 0 Å². The predicted octanol–water partition coefficient (Wildman–Crippen LogP) is -2.06. The molecule has 2 aliphatic heterocycles. The highest BCUT2D eigenvalue weighted by Crippen LogP contribution is 2.24. The number of aliphatic hydroxyl groups excluding tert-OH is 6. The fourth-order valence-corrected chi connectivity index (χ4v) is 5.11. The number of methoxy groups -OCH3 is 2. The summed E-state index contributed by atoms with van der Waals surface area (Å²) < 4.78 is 22.4. The van der Waals surface area contributed by atoms with Gasteiger partial charge in [0.05, 0.1) is 64.8 Å². The van der Waals surface area contributed by atoms with Crippen LogP contribution in [0, 0.1) is 14.9 Å². The minimum absolute atomic E-state index is 0. The van der Waals surface area contributed by atoms with Gasteiger partial charge in [-0.1, -0.05) is 6.92 Å². The number of rotatable bonds is 13. The highest BCUT2D eigenvalue weighted by Gasteiger charge is 2.44. The lowest BCUT2D eigenvalue weighted by molar-refractivity contribution is -0.873. The van der Waals surface area contributed by atoms with E-state index in [0.29, 0.717) is 30.5 Å². The Morgan fingerprint density at radius 1 is 0.756 bits per heavy atom. The summed E-state index contributed by atoms with van der Waals surface area (Å²) in [6.07, 6.45) is -4.62. The van der Waals surface area contributed by atoms with Gasteiger partial charge in [-0.3, -0.25) is 0 Å². The molecule has 0 amide bonds. The molecule has 2 fully saturated rings. The summed E-state index contributed by atoms with van der Waals surface area (Å²) in [4.78, 5) is 0. The number of nitrogens with zero attached hydrogens (tertiary/aromatic N) is 1. The van der Waals surface area contributed by atoms with Crippen LogP contribution in [0.3, 0.4) is 0 Å². The molecule has 0 bridgehead atoms. The molecule has 12 unspecified atom stereocenters. The number of nitrogens with one attached hydrogen (secondary N) is 2. The second kappa shape index (κ2) is 20.4. The van der Waals surface area contributed by atoms with Crippen LogP contribution < -0.4 is 10.6 Å². The van der Waals surface area contributed by atoms with Gasteiger partial charge in [-0.25, -0.2) is 0 Å². The average molecular weight is 601 g/mol. The van der Waals surface area contributed by atoms with Crippen molar-refractivity contribution >= 4 is 0 Å². The standard InChI is InChI=1S/C14H31N2O5.C12H25NO5.2CH3/c1-9-12(15-6-10(18)7-16(2,3)4)13(19)14(20-5)11(8-17)21-9;1-4-8(15)5-13-10-7(2)18-9(6-14)12(17-3)11(10)16;;/h9-15,17-19H,6-8H2,1-5H3;7-16H,4-6H2,1-3H3;2*1H3/q+1;;2*-1. The third-order valence-electron chi connectivity index (χ3n) is 7.24. The first-order chi connectivity index (χ1) is 18.2. The Hall–Kier alpha value is -0.520. The molecular weight excluding hydrogens is 538 g/mol. The second-order valence-electron chi connectivity index (χ2n) is 11.6. The van der Waals surface area contributed by atoms with Gasteiger partial charge >= 0.3 is 0 Å². The van der Waals surface area contributed by atoms with E-state index < -0.39 is 48.8 Å². The Morgan fingerprint density at radius 3 is 1.41 bits per heavy atom. The van der Waals surface area contributed by atoms with Crippen LogP contribution in [0.1, 0.15) is 27.2 Å². The van der Waals surface area contributed by atoms with Gasteiger partial charge in [0, 0.05) is 27.3 Å². The molecule has 2 heterocycles. The zero-order chi connectivity index (χ0) is 29.9. The molecule has 13 heteroatoms. The number of hydrogen-bond donors (Lipinski definition) is 8. The maximum absolute atomic E-state index is 10.4. The van der Waals surface area contributed by atoms with Gasteiger partial charge in [-0.15, -0.1) is 0 Å². The normalized spacial score (nSPS) is 35.3. The smallest absolute Gasteiger partial charge is 0.115 e. The van der Waals surface area contributed by atoms with Crippen molar-refractivity contribution in [3.63, 3.8) is 0 Å². The van der Waals surface area contributed by atoms with Crippen LogP contribution in [0.2, 0.25) is 0 Å². The molecular formula is C28H62N3O10-. The van der Waals surface area contributed by atoms with Gasteiger partial charge < -0.3 is 79.6 Å². The first-order valence-electron chi connectivity index (χ1n) is 13.8. The average Bonchev–Trinajstić information content (AvgIpc) is 2.86. The summed E-state index contributed by atoms with van der Waals surface area (Å²) in [7, 11) is 9.00. The lowest BCUT2D eigenvalue weighted by Gasteiger charge is -2.43. The minimum Gasteiger partial charge on any atom is -0.394 e. The van der Waals surface area contributed by atoms with Gasteiger partial charge in [0.15, 0.2) is 0 Å². The zero-order valence-corrected chi connectivity index (χ0v) is 26.9. The van der Waals surface area contributed by atoms with E-state index in [1.165, 1.54) is 14.2 Å². The van der Waals surface area contributed by atoms with Gasteiger partial charge in [0.1, 0.15) is 49.3 Å². The first kappa shape index (κ1) is 42.6. The number of ether oxygens (including phenoxy) is 4. The van der Waals surface area contributed by atoms with Gasteiger partial charge in [0.2, 0.25) is 0 Å². The first-order valence-corrected chi connectivity index (χ1v) is 13.8. The maximum Gasteiger partial charge on any atom is 0.115 e. The number of aliphatic hydroxyl groups is 6. The summed E-state index contributed by atoms with van der Waals surface area (Å²) in [5, 5.41) is 64.9. The molecule has 0 aromatic heterocycles. The Labute approximate surface area is 248 Å². The van der Waals surface area contributed by atoms with Crippen molar-refractivity contribution in [2.75, 3.05) is 68.2 Å². The van der Waals surface area contributed by atoms with E-state index in [1.807, 2.05) is 41.9 Å². The molecule has 0 radical (unpaired) electrons. The molecule has 12 atom stereocenters. The minimum atomic E-state index is -0.799. The quantitative estimate of drug-likeness (QED) is 0.0856. The Morgan fingerprint density at radius 2 is 1.12 bits per heavy atom. The summed E-state index contributed by atoms with van der Waals surface area (Å²) in [6.45, 7) is 6.54.